The van der Waals surface area contributed by atoms with Gasteiger partial charge in [-0.3, -0.25) is 9.48 Å². The smallest absolute Gasteiger partial charge is 0.150 e. The highest BCUT2D eigenvalue weighted by Gasteiger charge is 2.16. The predicted octanol–water partition coefficient (Wildman–Crippen LogP) is 4.04. The first-order valence-corrected chi connectivity index (χ1v) is 6.75. The molecule has 0 aliphatic heterocycles. The lowest BCUT2D eigenvalue weighted by molar-refractivity contribution is 0.112. The highest BCUT2D eigenvalue weighted by molar-refractivity contribution is 6.31. The molecule has 2 aromatic rings. The summed E-state index contributed by atoms with van der Waals surface area (Å²) in [6.07, 6.45) is 1.87. The van der Waals surface area contributed by atoms with Gasteiger partial charge in [0, 0.05) is 28.4 Å². The summed E-state index contributed by atoms with van der Waals surface area (Å²) in [5.41, 5.74) is 4.57. The number of aldehydes is 1. The van der Waals surface area contributed by atoms with E-state index in [2.05, 4.69) is 12.0 Å². The first kappa shape index (κ1) is 13.8. The molecule has 3 nitrogen and oxygen atoms in total. The second-order valence-corrected chi connectivity index (χ2v) is 5.05. The summed E-state index contributed by atoms with van der Waals surface area (Å²) in [6.45, 7) is 7.01. The maximum Gasteiger partial charge on any atom is 0.150 e. The van der Waals surface area contributed by atoms with Gasteiger partial charge in [0.1, 0.15) is 0 Å². The molecule has 100 valence electrons. The molecule has 0 saturated carbocycles. The molecule has 2 rings (SSSR count). The molecule has 0 unspecified atom stereocenters. The van der Waals surface area contributed by atoms with Gasteiger partial charge in [0.25, 0.3) is 0 Å². The second-order valence-electron chi connectivity index (χ2n) is 4.62. The van der Waals surface area contributed by atoms with Gasteiger partial charge in [-0.2, -0.15) is 5.10 Å². The predicted molar refractivity (Wildman–Crippen MR) is 77.8 cm³/mol. The van der Waals surface area contributed by atoms with E-state index >= 15 is 0 Å². The van der Waals surface area contributed by atoms with Crippen LogP contribution in [0.1, 0.15) is 35.1 Å². The normalized spacial score (nSPS) is 10.7. The van der Waals surface area contributed by atoms with E-state index in [0.29, 0.717) is 10.6 Å². The largest absolute Gasteiger partial charge is 0.298 e. The molecule has 0 spiro atoms. The lowest BCUT2D eigenvalue weighted by Gasteiger charge is -2.07. The minimum absolute atomic E-state index is 0.571. The van der Waals surface area contributed by atoms with Gasteiger partial charge < -0.3 is 0 Å². The first-order chi connectivity index (χ1) is 9.08. The van der Waals surface area contributed by atoms with Gasteiger partial charge >= 0.3 is 0 Å². The Bertz CT molecular complexity index is 617. The number of hydrogen-bond donors (Lipinski definition) is 0. The van der Waals surface area contributed by atoms with Crippen molar-refractivity contribution in [2.75, 3.05) is 0 Å². The van der Waals surface area contributed by atoms with E-state index in [0.717, 1.165) is 41.8 Å². The molecule has 0 radical (unpaired) electrons. The van der Waals surface area contributed by atoms with E-state index in [-0.39, 0.29) is 0 Å². The second kappa shape index (κ2) is 5.57. The van der Waals surface area contributed by atoms with Crippen molar-refractivity contribution in [1.82, 2.24) is 9.78 Å². The number of aryl methyl sites for hydroxylation is 2. The maximum atomic E-state index is 11.2. The highest BCUT2D eigenvalue weighted by Crippen LogP contribution is 2.31. The van der Waals surface area contributed by atoms with Gasteiger partial charge in [0.15, 0.2) is 6.29 Å². The molecule has 1 aromatic heterocycles. The van der Waals surface area contributed by atoms with Crippen LogP contribution >= 0.6 is 11.6 Å². The molecule has 0 aliphatic carbocycles. The van der Waals surface area contributed by atoms with Gasteiger partial charge in [-0.15, -0.1) is 0 Å². The molecular formula is C15H17ClN2O. The van der Waals surface area contributed by atoms with Crippen LogP contribution in [0.5, 0.6) is 0 Å². The van der Waals surface area contributed by atoms with Gasteiger partial charge in [-0.25, -0.2) is 0 Å². The Hall–Kier alpha value is -1.61. The van der Waals surface area contributed by atoms with Crippen molar-refractivity contribution in [2.45, 2.75) is 33.7 Å². The Balaban J connectivity index is 2.62. The number of carbonyl (C=O) groups is 1. The van der Waals surface area contributed by atoms with Crippen LogP contribution in [0.15, 0.2) is 18.2 Å². The summed E-state index contributed by atoms with van der Waals surface area (Å²) in [5, 5.41) is 5.11. The quantitative estimate of drug-likeness (QED) is 0.790. The molecule has 0 fully saturated rings. The fraction of sp³-hybridized carbons (Fsp3) is 0.333. The van der Waals surface area contributed by atoms with Crippen LogP contribution in [-0.4, -0.2) is 16.1 Å². The molecule has 1 heterocycles. The average molecular weight is 277 g/mol. The van der Waals surface area contributed by atoms with Crippen molar-refractivity contribution in [3.63, 3.8) is 0 Å². The minimum atomic E-state index is 0.571. The molecule has 19 heavy (non-hydrogen) atoms. The number of aromatic nitrogens is 2. The number of hydrogen-bond acceptors (Lipinski definition) is 2. The van der Waals surface area contributed by atoms with Gasteiger partial charge in [0.05, 0.1) is 5.69 Å². The fourth-order valence-corrected chi connectivity index (χ4v) is 2.56. The van der Waals surface area contributed by atoms with E-state index in [1.807, 2.05) is 24.6 Å². The SMILES string of the molecule is CCCn1nc(C)c(-c2ccc(Cl)cc2C=O)c1C. The van der Waals surface area contributed by atoms with Crippen LogP contribution in [0.3, 0.4) is 0 Å². The number of rotatable bonds is 4. The molecular weight excluding hydrogens is 260 g/mol. The third-order valence-electron chi connectivity index (χ3n) is 3.23. The van der Waals surface area contributed by atoms with E-state index in [1.54, 1.807) is 12.1 Å². The standard InChI is InChI=1S/C15H17ClN2O/c1-4-7-18-11(3)15(10(2)17-18)14-6-5-13(16)8-12(14)9-19/h5-6,8-9H,4,7H2,1-3H3. The number of nitrogens with zero attached hydrogens (tertiary/aromatic N) is 2. The van der Waals surface area contributed by atoms with Crippen molar-refractivity contribution in [2.24, 2.45) is 0 Å². The highest BCUT2D eigenvalue weighted by atomic mass is 35.5. The van der Waals surface area contributed by atoms with Crippen molar-refractivity contribution in [3.05, 3.63) is 40.2 Å². The molecule has 0 saturated heterocycles. The van der Waals surface area contributed by atoms with E-state index in [9.17, 15) is 4.79 Å². The monoisotopic (exact) mass is 276 g/mol. The summed E-state index contributed by atoms with van der Waals surface area (Å²) in [4.78, 5) is 11.2. The third-order valence-corrected chi connectivity index (χ3v) is 3.46. The Morgan fingerprint density at radius 1 is 1.37 bits per heavy atom. The zero-order valence-corrected chi connectivity index (χ0v) is 12.2. The minimum Gasteiger partial charge on any atom is -0.298 e. The zero-order chi connectivity index (χ0) is 14.0. The summed E-state index contributed by atoms with van der Waals surface area (Å²) >= 11 is 5.94. The first-order valence-electron chi connectivity index (χ1n) is 6.37. The molecule has 1 aromatic carbocycles. The maximum absolute atomic E-state index is 11.2. The molecule has 0 atom stereocenters. The number of carbonyl (C=O) groups excluding carboxylic acids is 1. The van der Waals surface area contributed by atoms with Gasteiger partial charge in [-0.1, -0.05) is 24.6 Å². The Morgan fingerprint density at radius 2 is 2.11 bits per heavy atom. The summed E-state index contributed by atoms with van der Waals surface area (Å²) < 4.78 is 1.99. The molecule has 0 amide bonds. The lowest BCUT2D eigenvalue weighted by Crippen LogP contribution is -2.01. The van der Waals surface area contributed by atoms with Gasteiger partial charge in [0.2, 0.25) is 0 Å². The average Bonchev–Trinajstić information content (AvgIpc) is 2.65. The zero-order valence-electron chi connectivity index (χ0n) is 11.4. The van der Waals surface area contributed by atoms with Crippen molar-refractivity contribution >= 4 is 17.9 Å². The Morgan fingerprint density at radius 3 is 2.74 bits per heavy atom. The molecule has 0 N–H and O–H groups in total. The fourth-order valence-electron chi connectivity index (χ4n) is 2.37. The van der Waals surface area contributed by atoms with Crippen LogP contribution in [0.2, 0.25) is 5.02 Å². The van der Waals surface area contributed by atoms with Crippen LogP contribution in [-0.2, 0) is 6.54 Å². The van der Waals surface area contributed by atoms with Crippen LogP contribution in [0, 0.1) is 13.8 Å². The van der Waals surface area contributed by atoms with Gasteiger partial charge in [-0.05, 0) is 38.0 Å². The van der Waals surface area contributed by atoms with Crippen molar-refractivity contribution in [3.8, 4) is 11.1 Å². The van der Waals surface area contributed by atoms with Crippen LogP contribution in [0.25, 0.3) is 11.1 Å². The third kappa shape index (κ3) is 2.56. The number of benzene rings is 1. The Labute approximate surface area is 118 Å². The van der Waals surface area contributed by atoms with E-state index < -0.39 is 0 Å². The van der Waals surface area contributed by atoms with E-state index in [1.165, 1.54) is 0 Å². The molecule has 0 bridgehead atoms. The number of halogens is 1. The van der Waals surface area contributed by atoms with Crippen LogP contribution < -0.4 is 0 Å². The van der Waals surface area contributed by atoms with Crippen LogP contribution in [0.4, 0.5) is 0 Å². The summed E-state index contributed by atoms with van der Waals surface area (Å²) in [7, 11) is 0. The Kier molecular flexibility index (Phi) is 4.05. The van der Waals surface area contributed by atoms with E-state index in [4.69, 9.17) is 11.6 Å². The molecule has 0 aliphatic rings. The molecule has 4 heteroatoms. The summed E-state index contributed by atoms with van der Waals surface area (Å²) in [5.74, 6) is 0. The van der Waals surface area contributed by atoms with Crippen molar-refractivity contribution in [1.29, 1.82) is 0 Å². The van der Waals surface area contributed by atoms with Crippen molar-refractivity contribution < 1.29 is 4.79 Å². The summed E-state index contributed by atoms with van der Waals surface area (Å²) in [6, 6.07) is 5.39. The topological polar surface area (TPSA) is 34.9 Å². The lowest BCUT2D eigenvalue weighted by atomic mass is 9.99.